The Bertz CT molecular complexity index is 859. The first kappa shape index (κ1) is 14.6. The zero-order valence-corrected chi connectivity index (χ0v) is 13.0. The van der Waals surface area contributed by atoms with Crippen molar-refractivity contribution in [1.82, 2.24) is 5.32 Å². The molecule has 1 saturated heterocycles. The third-order valence-electron chi connectivity index (χ3n) is 4.74. The highest BCUT2D eigenvalue weighted by Gasteiger charge is 2.44. The molecule has 1 unspecified atom stereocenters. The van der Waals surface area contributed by atoms with Crippen LogP contribution in [-0.2, 0) is 25.5 Å². The van der Waals surface area contributed by atoms with Crippen LogP contribution in [0.1, 0.15) is 29.7 Å². The maximum Gasteiger partial charge on any atom is 0.336 e. The number of fused-ring (bicyclic) bond motifs is 3. The fourth-order valence-electron chi connectivity index (χ4n) is 3.53. The molecule has 1 aromatic carbocycles. The number of amides is 1. The first-order valence-electron chi connectivity index (χ1n) is 7.72. The number of terminal acetylenes is 1. The van der Waals surface area contributed by atoms with Gasteiger partial charge >= 0.3 is 5.97 Å². The van der Waals surface area contributed by atoms with E-state index in [2.05, 4.69) is 11.2 Å². The highest BCUT2D eigenvalue weighted by atomic mass is 16.7. The van der Waals surface area contributed by atoms with Crippen molar-refractivity contribution in [2.75, 3.05) is 0 Å². The van der Waals surface area contributed by atoms with Crippen LogP contribution in [0.15, 0.2) is 41.7 Å². The van der Waals surface area contributed by atoms with E-state index in [1.807, 2.05) is 18.2 Å². The summed E-state index contributed by atoms with van der Waals surface area (Å²) in [5, 5.41) is 2.99. The largest absolute Gasteiger partial charge is 0.458 e. The Kier molecular flexibility index (Phi) is 3.20. The molecule has 1 N–H and O–H groups in total. The smallest absolute Gasteiger partial charge is 0.336 e. The van der Waals surface area contributed by atoms with Crippen LogP contribution in [0.25, 0.3) is 0 Å². The molecule has 2 heterocycles. The predicted molar refractivity (Wildman–Crippen MR) is 85.3 cm³/mol. The fraction of sp³-hybridized carbons (Fsp3) is 0.263. The lowest BCUT2D eigenvalue weighted by Gasteiger charge is -2.11. The van der Waals surface area contributed by atoms with Crippen LogP contribution in [-0.4, -0.2) is 18.2 Å². The highest BCUT2D eigenvalue weighted by Crippen LogP contribution is 2.45. The van der Waals surface area contributed by atoms with Crippen LogP contribution in [0.5, 0.6) is 0 Å². The zero-order valence-electron chi connectivity index (χ0n) is 13.0. The molecule has 0 saturated carbocycles. The van der Waals surface area contributed by atoms with Crippen molar-refractivity contribution in [3.63, 3.8) is 0 Å². The van der Waals surface area contributed by atoms with Crippen LogP contribution in [0.3, 0.4) is 0 Å². The summed E-state index contributed by atoms with van der Waals surface area (Å²) in [6.07, 6.45) is 8.48. The Balaban J connectivity index is 1.59. The van der Waals surface area contributed by atoms with Crippen LogP contribution < -0.4 is 5.32 Å². The third kappa shape index (κ3) is 2.11. The molecule has 1 aromatic rings. The molecule has 5 heteroatoms. The second-order valence-electron chi connectivity index (χ2n) is 6.11. The van der Waals surface area contributed by atoms with Crippen molar-refractivity contribution < 1.29 is 19.1 Å². The summed E-state index contributed by atoms with van der Waals surface area (Å²) in [6, 6.07) is 5.73. The maximum atomic E-state index is 12.3. The molecule has 0 bridgehead atoms. The summed E-state index contributed by atoms with van der Waals surface area (Å²) in [4.78, 5) is 23.6. The van der Waals surface area contributed by atoms with Gasteiger partial charge in [0.1, 0.15) is 0 Å². The number of cyclic esters (lactones) is 1. The number of carbonyl (C=O) groups excluding carboxylic acids is 2. The number of hydrogen-bond donors (Lipinski definition) is 1. The van der Waals surface area contributed by atoms with Gasteiger partial charge in [0, 0.05) is 23.1 Å². The minimum Gasteiger partial charge on any atom is -0.458 e. The Morgan fingerprint density at radius 3 is 2.96 bits per heavy atom. The normalized spacial score (nSPS) is 28.8. The Morgan fingerprint density at radius 1 is 1.42 bits per heavy atom. The van der Waals surface area contributed by atoms with Crippen molar-refractivity contribution >= 4 is 11.9 Å². The van der Waals surface area contributed by atoms with Gasteiger partial charge in [-0.25, -0.2) is 4.79 Å². The zero-order chi connectivity index (χ0) is 16.8. The maximum absolute atomic E-state index is 12.3. The lowest BCUT2D eigenvalue weighted by Crippen LogP contribution is -2.19. The van der Waals surface area contributed by atoms with Gasteiger partial charge in [-0.05, 0) is 30.5 Å². The van der Waals surface area contributed by atoms with E-state index in [-0.39, 0.29) is 17.9 Å². The van der Waals surface area contributed by atoms with Crippen LogP contribution >= 0.6 is 0 Å². The molecule has 3 atom stereocenters. The molecule has 0 radical (unpaired) electrons. The molecule has 1 amide bonds. The van der Waals surface area contributed by atoms with Gasteiger partial charge in [-0.15, -0.1) is 6.42 Å². The highest BCUT2D eigenvalue weighted by molar-refractivity contribution is 5.97. The van der Waals surface area contributed by atoms with E-state index in [1.165, 1.54) is 6.26 Å². The number of esters is 1. The molecule has 4 rings (SSSR count). The van der Waals surface area contributed by atoms with Gasteiger partial charge < -0.3 is 14.8 Å². The third-order valence-corrected chi connectivity index (χ3v) is 4.74. The lowest BCUT2D eigenvalue weighted by atomic mass is 9.97. The van der Waals surface area contributed by atoms with E-state index in [0.29, 0.717) is 17.6 Å². The minimum atomic E-state index is -0.776. The van der Waals surface area contributed by atoms with Gasteiger partial charge in [-0.3, -0.25) is 4.79 Å². The van der Waals surface area contributed by atoms with Crippen molar-refractivity contribution in [3.8, 4) is 12.3 Å². The molecule has 0 aromatic heterocycles. The Morgan fingerprint density at radius 2 is 2.25 bits per heavy atom. The number of rotatable bonds is 2. The molecule has 120 valence electrons. The second-order valence-corrected chi connectivity index (χ2v) is 6.11. The molecule has 1 fully saturated rings. The Hall–Kier alpha value is -3.00. The van der Waals surface area contributed by atoms with Crippen LogP contribution in [0.2, 0.25) is 0 Å². The molecular weight excluding hydrogens is 306 g/mol. The molecule has 2 aliphatic heterocycles. The molecular formula is C19H15NO4. The van der Waals surface area contributed by atoms with E-state index in [1.54, 1.807) is 13.0 Å². The van der Waals surface area contributed by atoms with Gasteiger partial charge in [0.25, 0.3) is 12.2 Å². The molecule has 5 nitrogen and oxygen atoms in total. The number of ether oxygens (including phenoxy) is 2. The number of benzene rings is 1. The number of hydrogen-bond acceptors (Lipinski definition) is 4. The summed E-state index contributed by atoms with van der Waals surface area (Å²) in [5.41, 5.74) is 4.08. The monoisotopic (exact) mass is 321 g/mol. The Labute approximate surface area is 139 Å². The van der Waals surface area contributed by atoms with Gasteiger partial charge in [-0.1, -0.05) is 18.1 Å². The van der Waals surface area contributed by atoms with Crippen LogP contribution in [0, 0.1) is 18.3 Å². The molecule has 0 spiro atoms. The van der Waals surface area contributed by atoms with Crippen molar-refractivity contribution in [1.29, 1.82) is 0 Å². The quantitative estimate of drug-likeness (QED) is 0.390. The van der Waals surface area contributed by atoms with Crippen molar-refractivity contribution in [2.24, 2.45) is 5.92 Å². The second kappa shape index (κ2) is 5.27. The summed E-state index contributed by atoms with van der Waals surface area (Å²) < 4.78 is 10.5. The van der Waals surface area contributed by atoms with E-state index < -0.39 is 12.3 Å². The summed E-state index contributed by atoms with van der Waals surface area (Å²) >= 11 is 0. The van der Waals surface area contributed by atoms with Crippen LogP contribution in [0.4, 0.5) is 0 Å². The van der Waals surface area contributed by atoms with Crippen molar-refractivity contribution in [3.05, 3.63) is 58.4 Å². The summed E-state index contributed by atoms with van der Waals surface area (Å²) in [6.45, 7) is 1.66. The first-order valence-corrected chi connectivity index (χ1v) is 7.72. The summed E-state index contributed by atoms with van der Waals surface area (Å²) in [5.74, 6) is 2.11. The van der Waals surface area contributed by atoms with E-state index in [9.17, 15) is 9.59 Å². The topological polar surface area (TPSA) is 64.6 Å². The average Bonchev–Trinajstić information content (AvgIpc) is 3.18. The number of carbonyl (C=O) groups is 2. The standard InChI is InChI=1S/C19H15NO4/c1-3-11-5-4-6-12-13(11)8-14-15(18(21)20-17(12)14)9-23-16-7-10(2)19(22)24-16/h1,4-7,9,14,16-17H,8H2,2H3,(H,20,21)/t14-,16?,17-/m1/s1. The first-order chi connectivity index (χ1) is 11.6. The van der Waals surface area contributed by atoms with Gasteiger partial charge in [0.2, 0.25) is 0 Å². The van der Waals surface area contributed by atoms with E-state index >= 15 is 0 Å². The van der Waals surface area contributed by atoms with E-state index in [0.717, 1.165) is 16.7 Å². The minimum absolute atomic E-state index is 0.0239. The van der Waals surface area contributed by atoms with Gasteiger partial charge in [0.05, 0.1) is 17.9 Å². The molecule has 1 aliphatic carbocycles. The summed E-state index contributed by atoms with van der Waals surface area (Å²) in [7, 11) is 0. The SMILES string of the molecule is C#Cc1cccc2c1C[C@@H]1C(=COC3C=C(C)C(=O)O3)C(=O)N[C@H]21. The predicted octanol–water partition coefficient (Wildman–Crippen LogP) is 1.74. The van der Waals surface area contributed by atoms with Crippen molar-refractivity contribution in [2.45, 2.75) is 25.7 Å². The fourth-order valence-corrected chi connectivity index (χ4v) is 3.53. The average molecular weight is 321 g/mol. The molecule has 3 aliphatic rings. The molecule has 24 heavy (non-hydrogen) atoms. The van der Waals surface area contributed by atoms with Gasteiger partial charge in [-0.2, -0.15) is 0 Å². The lowest BCUT2D eigenvalue weighted by molar-refractivity contribution is -0.152. The van der Waals surface area contributed by atoms with E-state index in [4.69, 9.17) is 15.9 Å². The van der Waals surface area contributed by atoms with Gasteiger partial charge in [0.15, 0.2) is 0 Å². The number of nitrogens with one attached hydrogen (secondary N) is 1.